The van der Waals surface area contributed by atoms with Crippen LogP contribution in [0, 0.1) is 12.8 Å². The summed E-state index contributed by atoms with van der Waals surface area (Å²) >= 11 is 0. The zero-order valence-corrected chi connectivity index (χ0v) is 11.8. The Morgan fingerprint density at radius 2 is 2.11 bits per heavy atom. The van der Waals surface area contributed by atoms with Gasteiger partial charge in [0.2, 0.25) is 0 Å². The van der Waals surface area contributed by atoms with Gasteiger partial charge in [-0.2, -0.15) is 0 Å². The number of nitrogens with one attached hydrogen (secondary N) is 1. The Labute approximate surface area is 114 Å². The number of nitrogen functional groups attached to an aromatic ring is 1. The lowest BCUT2D eigenvalue weighted by molar-refractivity contribution is 0.00222. The first-order valence-electron chi connectivity index (χ1n) is 7.08. The normalized spacial score (nSPS) is 27.2. The third kappa shape index (κ3) is 3.80. The van der Waals surface area contributed by atoms with E-state index in [0.29, 0.717) is 24.0 Å². The van der Waals surface area contributed by atoms with Crippen LogP contribution in [0.25, 0.3) is 0 Å². The number of nitrogens with two attached hydrogens (primary N) is 1. The predicted molar refractivity (Wildman–Crippen MR) is 76.9 cm³/mol. The number of aryl methyl sites for hydroxylation is 1. The van der Waals surface area contributed by atoms with Gasteiger partial charge < -0.3 is 16.2 Å². The summed E-state index contributed by atoms with van der Waals surface area (Å²) < 4.78 is 0. The van der Waals surface area contributed by atoms with Crippen LogP contribution in [-0.4, -0.2) is 27.2 Å². The number of hydrogen-bond acceptors (Lipinski definition) is 5. The van der Waals surface area contributed by atoms with Crippen molar-refractivity contribution in [3.63, 3.8) is 0 Å². The van der Waals surface area contributed by atoms with Crippen LogP contribution in [0.4, 0.5) is 11.6 Å². The molecule has 0 unspecified atom stereocenters. The molecule has 0 atom stereocenters. The SMILES string of the molecule is CCC1CCC(O)(CNc2cc(N)nc(C)n2)CC1. The van der Waals surface area contributed by atoms with Gasteiger partial charge in [0.05, 0.1) is 5.60 Å². The Balaban J connectivity index is 1.91. The highest BCUT2D eigenvalue weighted by Gasteiger charge is 2.32. The van der Waals surface area contributed by atoms with Gasteiger partial charge in [-0.3, -0.25) is 0 Å². The highest BCUT2D eigenvalue weighted by atomic mass is 16.3. The molecule has 106 valence electrons. The van der Waals surface area contributed by atoms with Gasteiger partial charge in [0.1, 0.15) is 17.5 Å². The molecule has 5 nitrogen and oxygen atoms in total. The van der Waals surface area contributed by atoms with E-state index in [1.165, 1.54) is 6.42 Å². The van der Waals surface area contributed by atoms with Crippen LogP contribution in [0.15, 0.2) is 6.07 Å². The molecule has 1 fully saturated rings. The van der Waals surface area contributed by atoms with Gasteiger partial charge in [-0.1, -0.05) is 13.3 Å². The zero-order chi connectivity index (χ0) is 13.9. The topological polar surface area (TPSA) is 84.1 Å². The Hall–Kier alpha value is -1.36. The van der Waals surface area contributed by atoms with E-state index < -0.39 is 5.60 Å². The summed E-state index contributed by atoms with van der Waals surface area (Å²) in [5, 5.41) is 13.7. The summed E-state index contributed by atoms with van der Waals surface area (Å²) in [6.07, 6.45) is 5.15. The molecule has 4 N–H and O–H groups in total. The summed E-state index contributed by atoms with van der Waals surface area (Å²) in [7, 11) is 0. The van der Waals surface area contributed by atoms with Crippen molar-refractivity contribution in [2.45, 2.75) is 51.6 Å². The predicted octanol–water partition coefficient (Wildman–Crippen LogP) is 2.11. The van der Waals surface area contributed by atoms with Crippen LogP contribution in [0.5, 0.6) is 0 Å². The largest absolute Gasteiger partial charge is 0.388 e. The van der Waals surface area contributed by atoms with Gasteiger partial charge in [-0.15, -0.1) is 0 Å². The fraction of sp³-hybridized carbons (Fsp3) is 0.714. The molecule has 0 spiro atoms. The maximum absolute atomic E-state index is 10.5. The van der Waals surface area contributed by atoms with E-state index in [9.17, 15) is 5.11 Å². The molecule has 1 aliphatic rings. The lowest BCUT2D eigenvalue weighted by atomic mass is 9.78. The van der Waals surface area contributed by atoms with E-state index in [2.05, 4.69) is 22.2 Å². The fourth-order valence-corrected chi connectivity index (χ4v) is 2.74. The molecule has 19 heavy (non-hydrogen) atoms. The molecule has 1 aromatic rings. The van der Waals surface area contributed by atoms with Crippen molar-refractivity contribution in [1.82, 2.24) is 9.97 Å². The molecular weight excluding hydrogens is 240 g/mol. The van der Waals surface area contributed by atoms with Crippen molar-refractivity contribution in [3.8, 4) is 0 Å². The molecule has 0 amide bonds. The van der Waals surface area contributed by atoms with E-state index in [1.807, 2.05) is 6.92 Å². The van der Waals surface area contributed by atoms with Crippen LogP contribution in [-0.2, 0) is 0 Å². The molecule has 1 heterocycles. The molecular formula is C14H24N4O. The quantitative estimate of drug-likeness (QED) is 0.775. The number of nitrogens with zero attached hydrogens (tertiary/aromatic N) is 2. The van der Waals surface area contributed by atoms with Gasteiger partial charge in [0.15, 0.2) is 0 Å². The van der Waals surface area contributed by atoms with Crippen molar-refractivity contribution in [1.29, 1.82) is 0 Å². The molecule has 0 saturated heterocycles. The van der Waals surface area contributed by atoms with E-state index in [0.717, 1.165) is 31.6 Å². The third-order valence-corrected chi connectivity index (χ3v) is 4.07. The second-order valence-electron chi connectivity index (χ2n) is 5.65. The van der Waals surface area contributed by atoms with Crippen LogP contribution < -0.4 is 11.1 Å². The number of rotatable bonds is 4. The summed E-state index contributed by atoms with van der Waals surface area (Å²) in [6, 6.07) is 1.70. The smallest absolute Gasteiger partial charge is 0.131 e. The minimum atomic E-state index is -0.612. The number of aliphatic hydroxyl groups is 1. The van der Waals surface area contributed by atoms with Crippen molar-refractivity contribution in [2.75, 3.05) is 17.6 Å². The van der Waals surface area contributed by atoms with Crippen LogP contribution in [0.3, 0.4) is 0 Å². The summed E-state index contributed by atoms with van der Waals surface area (Å²) in [5.41, 5.74) is 5.07. The lowest BCUT2D eigenvalue weighted by Crippen LogP contribution is -2.40. The van der Waals surface area contributed by atoms with Gasteiger partial charge in [-0.25, -0.2) is 9.97 Å². The van der Waals surface area contributed by atoms with E-state index in [4.69, 9.17) is 5.73 Å². The lowest BCUT2D eigenvalue weighted by Gasteiger charge is -2.36. The van der Waals surface area contributed by atoms with Crippen LogP contribution in [0.1, 0.15) is 44.9 Å². The van der Waals surface area contributed by atoms with Crippen molar-refractivity contribution < 1.29 is 5.11 Å². The highest BCUT2D eigenvalue weighted by molar-refractivity contribution is 5.44. The second-order valence-corrected chi connectivity index (χ2v) is 5.65. The van der Waals surface area contributed by atoms with Crippen molar-refractivity contribution in [3.05, 3.63) is 11.9 Å². The monoisotopic (exact) mass is 264 g/mol. The summed E-state index contributed by atoms with van der Waals surface area (Å²) in [5.74, 6) is 2.56. The zero-order valence-electron chi connectivity index (χ0n) is 11.8. The summed E-state index contributed by atoms with van der Waals surface area (Å²) in [4.78, 5) is 8.30. The van der Waals surface area contributed by atoms with Gasteiger partial charge in [0, 0.05) is 12.6 Å². The van der Waals surface area contributed by atoms with E-state index in [-0.39, 0.29) is 0 Å². The first kappa shape index (κ1) is 14.1. The molecule has 0 aliphatic heterocycles. The van der Waals surface area contributed by atoms with Crippen molar-refractivity contribution >= 4 is 11.6 Å². The maximum Gasteiger partial charge on any atom is 0.131 e. The Morgan fingerprint density at radius 1 is 1.42 bits per heavy atom. The van der Waals surface area contributed by atoms with Gasteiger partial charge in [-0.05, 0) is 38.5 Å². The molecule has 2 rings (SSSR count). The first-order chi connectivity index (χ1) is 9.00. The fourth-order valence-electron chi connectivity index (χ4n) is 2.74. The molecule has 0 bridgehead atoms. The van der Waals surface area contributed by atoms with Crippen LogP contribution >= 0.6 is 0 Å². The van der Waals surface area contributed by atoms with Gasteiger partial charge in [0.25, 0.3) is 0 Å². The average Bonchev–Trinajstić information content (AvgIpc) is 2.37. The molecule has 5 heteroatoms. The second kappa shape index (κ2) is 5.74. The summed E-state index contributed by atoms with van der Waals surface area (Å²) in [6.45, 7) is 4.56. The standard InChI is InChI=1S/C14H24N4O/c1-3-11-4-6-14(19,7-5-11)9-16-13-8-12(15)17-10(2)18-13/h8,11,19H,3-7,9H2,1-2H3,(H3,15,16,17,18). The maximum atomic E-state index is 10.5. The van der Waals surface area contributed by atoms with Gasteiger partial charge >= 0.3 is 0 Å². The molecule has 0 aromatic carbocycles. The van der Waals surface area contributed by atoms with Crippen LogP contribution in [0.2, 0.25) is 0 Å². The van der Waals surface area contributed by atoms with E-state index in [1.54, 1.807) is 6.07 Å². The number of anilines is 2. The third-order valence-electron chi connectivity index (χ3n) is 4.07. The Kier molecular flexibility index (Phi) is 4.24. The molecule has 0 radical (unpaired) electrons. The minimum Gasteiger partial charge on any atom is -0.388 e. The molecule has 1 aromatic heterocycles. The number of aromatic nitrogens is 2. The average molecular weight is 264 g/mol. The Bertz CT molecular complexity index is 407. The minimum absolute atomic E-state index is 0.455. The Morgan fingerprint density at radius 3 is 2.68 bits per heavy atom. The van der Waals surface area contributed by atoms with Crippen molar-refractivity contribution in [2.24, 2.45) is 5.92 Å². The molecule has 1 aliphatic carbocycles. The first-order valence-corrected chi connectivity index (χ1v) is 7.08. The molecule has 1 saturated carbocycles. The highest BCUT2D eigenvalue weighted by Crippen LogP contribution is 2.33. The number of hydrogen-bond donors (Lipinski definition) is 3. The van der Waals surface area contributed by atoms with E-state index >= 15 is 0 Å².